The summed E-state index contributed by atoms with van der Waals surface area (Å²) in [7, 11) is -3.99. The highest BCUT2D eigenvalue weighted by Gasteiger charge is 2.37. The summed E-state index contributed by atoms with van der Waals surface area (Å²) in [5.41, 5.74) is 0.236. The maximum absolute atomic E-state index is 12.8. The number of aliphatic carboxylic acids is 1. The predicted molar refractivity (Wildman–Crippen MR) is 84.5 cm³/mol. The number of benzene rings is 1. The van der Waals surface area contributed by atoms with Gasteiger partial charge in [0, 0.05) is 12.2 Å². The van der Waals surface area contributed by atoms with Crippen molar-refractivity contribution < 1.29 is 23.1 Å². The van der Waals surface area contributed by atoms with Crippen LogP contribution < -0.4 is 5.32 Å². The van der Waals surface area contributed by atoms with Crippen LogP contribution in [0, 0.1) is 11.3 Å². The number of carboxylic acids is 1. The van der Waals surface area contributed by atoms with E-state index in [2.05, 4.69) is 5.32 Å². The van der Waals surface area contributed by atoms with Gasteiger partial charge in [-0.25, -0.2) is 8.42 Å². The van der Waals surface area contributed by atoms with Gasteiger partial charge in [-0.15, -0.1) is 0 Å². The first kappa shape index (κ1) is 17.9. The third-order valence-electron chi connectivity index (χ3n) is 3.70. The highest BCUT2D eigenvalue weighted by atomic mass is 32.2. The van der Waals surface area contributed by atoms with Gasteiger partial charge in [-0.3, -0.25) is 9.59 Å². The van der Waals surface area contributed by atoms with Gasteiger partial charge in [-0.05, 0) is 37.5 Å². The molecule has 1 unspecified atom stereocenters. The summed E-state index contributed by atoms with van der Waals surface area (Å²) >= 11 is 0. The van der Waals surface area contributed by atoms with Crippen LogP contribution in [-0.4, -0.2) is 42.3 Å². The molecule has 9 heteroatoms. The lowest BCUT2D eigenvalue weighted by atomic mass is 10.1. The molecule has 0 aromatic heterocycles. The normalized spacial score (nSPS) is 18.5. The number of piperidine rings is 1. The van der Waals surface area contributed by atoms with Crippen molar-refractivity contribution in [3.8, 4) is 6.07 Å². The minimum absolute atomic E-state index is 0.0922. The van der Waals surface area contributed by atoms with E-state index in [0.29, 0.717) is 12.8 Å². The minimum Gasteiger partial charge on any atom is -0.480 e. The van der Waals surface area contributed by atoms with E-state index >= 15 is 0 Å². The number of carbonyl (C=O) groups excluding carboxylic acids is 1. The molecule has 1 aliphatic rings. The average Bonchev–Trinajstić information content (AvgIpc) is 2.55. The Bertz CT molecular complexity index is 785. The summed E-state index contributed by atoms with van der Waals surface area (Å²) in [6, 6.07) is 6.18. The molecule has 8 nitrogen and oxygen atoms in total. The molecule has 0 aliphatic carbocycles. The van der Waals surface area contributed by atoms with Gasteiger partial charge >= 0.3 is 5.97 Å². The molecule has 1 saturated heterocycles. The predicted octanol–water partition coefficient (Wildman–Crippen LogP) is 1.17. The van der Waals surface area contributed by atoms with Gasteiger partial charge in [0.05, 0.1) is 11.0 Å². The largest absolute Gasteiger partial charge is 0.480 e. The Labute approximate surface area is 139 Å². The lowest BCUT2D eigenvalue weighted by molar-refractivity contribution is -0.142. The van der Waals surface area contributed by atoms with Crippen LogP contribution in [0.2, 0.25) is 0 Å². The zero-order valence-electron chi connectivity index (χ0n) is 12.8. The smallest absolute Gasteiger partial charge is 0.322 e. The number of rotatable bonds is 5. The molecule has 24 heavy (non-hydrogen) atoms. The molecule has 0 radical (unpaired) electrons. The number of amides is 1. The summed E-state index contributed by atoms with van der Waals surface area (Å²) in [5, 5.41) is 20.2. The second-order valence-corrected chi connectivity index (χ2v) is 7.27. The molecule has 1 aliphatic heterocycles. The summed E-state index contributed by atoms with van der Waals surface area (Å²) in [6.45, 7) is 0.143. The summed E-state index contributed by atoms with van der Waals surface area (Å²) < 4.78 is 26.5. The summed E-state index contributed by atoms with van der Waals surface area (Å²) in [4.78, 5) is 22.7. The van der Waals surface area contributed by atoms with E-state index in [1.54, 1.807) is 6.07 Å². The molecule has 1 aromatic carbocycles. The van der Waals surface area contributed by atoms with Crippen molar-refractivity contribution in [1.82, 2.24) is 4.31 Å². The van der Waals surface area contributed by atoms with Crippen molar-refractivity contribution in [2.45, 2.75) is 36.6 Å². The van der Waals surface area contributed by atoms with Crippen LogP contribution in [0.4, 0.5) is 5.69 Å². The van der Waals surface area contributed by atoms with Gasteiger partial charge in [0.1, 0.15) is 12.5 Å². The number of nitrogens with zero attached hydrogens (tertiary/aromatic N) is 2. The van der Waals surface area contributed by atoms with E-state index in [1.165, 1.54) is 24.3 Å². The first-order valence-corrected chi connectivity index (χ1v) is 8.82. The van der Waals surface area contributed by atoms with Crippen molar-refractivity contribution in [2.75, 3.05) is 11.9 Å². The molecule has 2 rings (SSSR count). The lowest BCUT2D eigenvalue weighted by Gasteiger charge is -2.31. The molecule has 1 atom stereocenters. The maximum atomic E-state index is 12.8. The quantitative estimate of drug-likeness (QED) is 0.819. The molecule has 128 valence electrons. The molecule has 2 N–H and O–H groups in total. The molecule has 0 bridgehead atoms. The highest BCUT2D eigenvalue weighted by Crippen LogP contribution is 2.27. The first-order valence-electron chi connectivity index (χ1n) is 7.38. The van der Waals surface area contributed by atoms with Crippen molar-refractivity contribution >= 4 is 27.6 Å². The fourth-order valence-corrected chi connectivity index (χ4v) is 4.28. The molecule has 1 heterocycles. The topological polar surface area (TPSA) is 128 Å². The Morgan fingerprint density at radius 1 is 1.38 bits per heavy atom. The number of carboxylic acid groups (broad SMARTS) is 1. The van der Waals surface area contributed by atoms with Crippen LogP contribution in [0.5, 0.6) is 0 Å². The van der Waals surface area contributed by atoms with Crippen molar-refractivity contribution in [3.05, 3.63) is 24.3 Å². The first-order chi connectivity index (χ1) is 11.4. The van der Waals surface area contributed by atoms with Crippen LogP contribution in [-0.2, 0) is 19.6 Å². The van der Waals surface area contributed by atoms with Crippen LogP contribution in [0.25, 0.3) is 0 Å². The van der Waals surface area contributed by atoms with Crippen LogP contribution in [0.1, 0.15) is 25.7 Å². The van der Waals surface area contributed by atoms with Gasteiger partial charge in [0.2, 0.25) is 15.9 Å². The summed E-state index contributed by atoms with van der Waals surface area (Å²) in [6.07, 6.45) is 1.19. The van der Waals surface area contributed by atoms with Crippen LogP contribution in [0.3, 0.4) is 0 Å². The Morgan fingerprint density at radius 2 is 2.12 bits per heavy atom. The van der Waals surface area contributed by atoms with E-state index in [-0.39, 0.29) is 30.0 Å². The Kier molecular flexibility index (Phi) is 5.54. The zero-order chi connectivity index (χ0) is 17.7. The second-order valence-electron chi connectivity index (χ2n) is 5.38. The third kappa shape index (κ3) is 3.90. The number of carbonyl (C=O) groups is 2. The van der Waals surface area contributed by atoms with E-state index in [0.717, 1.165) is 4.31 Å². The van der Waals surface area contributed by atoms with E-state index in [4.69, 9.17) is 5.26 Å². The number of hydrogen-bond donors (Lipinski definition) is 2. The molecular formula is C15H17N3O5S. The van der Waals surface area contributed by atoms with E-state index < -0.39 is 27.9 Å². The molecular weight excluding hydrogens is 334 g/mol. The molecule has 1 fully saturated rings. The van der Waals surface area contributed by atoms with Crippen LogP contribution in [0.15, 0.2) is 29.2 Å². The molecule has 1 aromatic rings. The van der Waals surface area contributed by atoms with Gasteiger partial charge in [0.25, 0.3) is 0 Å². The van der Waals surface area contributed by atoms with Gasteiger partial charge in [-0.2, -0.15) is 9.57 Å². The van der Waals surface area contributed by atoms with Gasteiger partial charge in [-0.1, -0.05) is 6.07 Å². The lowest BCUT2D eigenvalue weighted by Crippen LogP contribution is -2.47. The van der Waals surface area contributed by atoms with Crippen molar-refractivity contribution in [3.63, 3.8) is 0 Å². The van der Waals surface area contributed by atoms with Gasteiger partial charge < -0.3 is 10.4 Å². The number of sulfonamides is 1. The second kappa shape index (κ2) is 7.42. The molecule has 1 amide bonds. The average molecular weight is 351 g/mol. The number of nitrogens with one attached hydrogen (secondary N) is 1. The van der Waals surface area contributed by atoms with Crippen LogP contribution >= 0.6 is 0 Å². The van der Waals surface area contributed by atoms with Gasteiger partial charge in [0.15, 0.2) is 0 Å². The van der Waals surface area contributed by atoms with Crippen molar-refractivity contribution in [2.24, 2.45) is 0 Å². The third-order valence-corrected chi connectivity index (χ3v) is 5.61. The number of anilines is 1. The summed E-state index contributed by atoms with van der Waals surface area (Å²) in [5.74, 6) is -1.72. The van der Waals surface area contributed by atoms with Crippen molar-refractivity contribution in [1.29, 1.82) is 5.26 Å². The fourth-order valence-electron chi connectivity index (χ4n) is 2.59. The molecule has 0 spiro atoms. The Balaban J connectivity index is 2.30. The number of hydrogen-bond acceptors (Lipinski definition) is 5. The van der Waals surface area contributed by atoms with E-state index in [9.17, 15) is 23.1 Å². The standard InChI is InChI=1S/C15H17N3O5S/c16-8-7-14(19)17-11-4-3-5-12(10-11)24(22,23)18-9-2-1-6-13(18)15(20)21/h3-5,10,13H,1-2,6-7,9H2,(H,17,19)(H,20,21). The fraction of sp³-hybridized carbons (Fsp3) is 0.400. The minimum atomic E-state index is -3.99. The highest BCUT2D eigenvalue weighted by molar-refractivity contribution is 7.89. The van der Waals surface area contributed by atoms with E-state index in [1.807, 2.05) is 0 Å². The zero-order valence-corrected chi connectivity index (χ0v) is 13.6. The number of nitriles is 1. The molecule has 0 saturated carbocycles. The Morgan fingerprint density at radius 3 is 2.79 bits per heavy atom. The monoisotopic (exact) mass is 351 g/mol. The maximum Gasteiger partial charge on any atom is 0.322 e. The Hall–Kier alpha value is -2.44. The SMILES string of the molecule is N#CCC(=O)Nc1cccc(S(=O)(=O)N2CCCCC2C(=O)O)c1.